The van der Waals surface area contributed by atoms with Gasteiger partial charge in [-0.2, -0.15) is 0 Å². The van der Waals surface area contributed by atoms with Crippen LogP contribution >= 0.6 is 12.2 Å². The smallest absolute Gasteiger partial charge is 0.0779 e. The lowest BCUT2D eigenvalue weighted by molar-refractivity contribution is 0.184. The summed E-state index contributed by atoms with van der Waals surface area (Å²) < 4.78 is 0. The fraction of sp³-hybridized carbons (Fsp3) is 0.917. The summed E-state index contributed by atoms with van der Waals surface area (Å²) in [6.07, 6.45) is 6.72. The zero-order valence-electron chi connectivity index (χ0n) is 9.33. The van der Waals surface area contributed by atoms with Gasteiger partial charge in [-0.25, -0.2) is 0 Å². The fourth-order valence-corrected chi connectivity index (χ4v) is 3.55. The van der Waals surface area contributed by atoms with E-state index in [9.17, 15) is 0 Å². The second kappa shape index (κ2) is 4.18. The van der Waals surface area contributed by atoms with Gasteiger partial charge in [-0.15, -0.1) is 0 Å². The highest BCUT2D eigenvalue weighted by molar-refractivity contribution is 7.80. The molecule has 1 saturated carbocycles. The number of fused-ring (bicyclic) bond motifs is 1. The summed E-state index contributed by atoms with van der Waals surface area (Å²) in [5, 5.41) is 0. The van der Waals surface area contributed by atoms with Gasteiger partial charge in [0, 0.05) is 12.6 Å². The number of nitrogens with zero attached hydrogens (tertiary/aromatic N) is 1. The summed E-state index contributed by atoms with van der Waals surface area (Å²) in [5.74, 6) is 1.81. The second-order valence-corrected chi connectivity index (χ2v) is 5.36. The highest BCUT2D eigenvalue weighted by atomic mass is 32.1. The summed E-state index contributed by atoms with van der Waals surface area (Å²) in [6, 6.07) is 0.788. The van der Waals surface area contributed by atoms with Crippen LogP contribution in [0, 0.1) is 11.8 Å². The molecule has 14 heavy (non-hydrogen) atoms. The van der Waals surface area contributed by atoms with E-state index in [0.29, 0.717) is 0 Å². The summed E-state index contributed by atoms with van der Waals surface area (Å²) in [6.45, 7) is 5.82. The minimum Gasteiger partial charge on any atom is -0.363 e. The first-order chi connectivity index (χ1) is 6.74. The molecule has 0 radical (unpaired) electrons. The van der Waals surface area contributed by atoms with Crippen molar-refractivity contribution in [2.24, 2.45) is 11.8 Å². The Kier molecular flexibility index (Phi) is 3.10. The Morgan fingerprint density at radius 1 is 1.36 bits per heavy atom. The van der Waals surface area contributed by atoms with E-state index in [2.05, 4.69) is 18.7 Å². The molecule has 2 aliphatic rings. The number of likely N-dealkylation sites (tertiary alicyclic amines) is 1. The van der Waals surface area contributed by atoms with Gasteiger partial charge in [0.15, 0.2) is 0 Å². The molecule has 1 aliphatic heterocycles. The van der Waals surface area contributed by atoms with Crippen molar-refractivity contribution in [2.75, 3.05) is 6.54 Å². The minimum absolute atomic E-state index is 0.788. The molecule has 2 fully saturated rings. The van der Waals surface area contributed by atoms with E-state index < -0.39 is 0 Å². The van der Waals surface area contributed by atoms with Crippen LogP contribution in [-0.4, -0.2) is 22.5 Å². The molecular weight excluding hydrogens is 190 g/mol. The number of thiocarbonyl (C=S) groups is 1. The largest absolute Gasteiger partial charge is 0.363 e. The number of hydrogen-bond acceptors (Lipinski definition) is 1. The van der Waals surface area contributed by atoms with Crippen molar-refractivity contribution in [3.8, 4) is 0 Å². The van der Waals surface area contributed by atoms with Crippen LogP contribution in [0.1, 0.15) is 46.0 Å². The third kappa shape index (κ3) is 1.69. The Bertz CT molecular complexity index is 226. The topological polar surface area (TPSA) is 3.24 Å². The average Bonchev–Trinajstić information content (AvgIpc) is 2.62. The van der Waals surface area contributed by atoms with Crippen molar-refractivity contribution in [3.05, 3.63) is 0 Å². The third-order valence-electron chi connectivity index (χ3n) is 4.02. The van der Waals surface area contributed by atoms with E-state index >= 15 is 0 Å². The van der Waals surface area contributed by atoms with Crippen LogP contribution < -0.4 is 0 Å². The maximum Gasteiger partial charge on any atom is 0.0779 e. The van der Waals surface area contributed by atoms with Crippen LogP contribution in [-0.2, 0) is 0 Å². The highest BCUT2D eigenvalue weighted by Crippen LogP contribution is 2.39. The van der Waals surface area contributed by atoms with Crippen LogP contribution in [0.25, 0.3) is 0 Å². The van der Waals surface area contributed by atoms with Gasteiger partial charge in [-0.3, -0.25) is 0 Å². The van der Waals surface area contributed by atoms with Crippen LogP contribution in [0.3, 0.4) is 0 Å². The monoisotopic (exact) mass is 211 g/mol. The highest BCUT2D eigenvalue weighted by Gasteiger charge is 2.40. The molecule has 2 heteroatoms. The Morgan fingerprint density at radius 3 is 2.86 bits per heavy atom. The Morgan fingerprint density at radius 2 is 2.14 bits per heavy atom. The summed E-state index contributed by atoms with van der Waals surface area (Å²) in [5.41, 5.74) is 0. The van der Waals surface area contributed by atoms with Gasteiger partial charge in [-0.1, -0.05) is 32.5 Å². The molecule has 0 aromatic rings. The minimum atomic E-state index is 0.788. The maximum atomic E-state index is 5.46. The van der Waals surface area contributed by atoms with E-state index in [1.807, 2.05) is 0 Å². The van der Waals surface area contributed by atoms with Crippen molar-refractivity contribution >= 4 is 17.2 Å². The molecule has 1 nitrogen and oxygen atoms in total. The Hall–Kier alpha value is -0.110. The standard InChI is InChI=1S/C12H21NS/c1-3-11(14)13-8-7-10-6-4-5-9(2)12(10)13/h9-10,12H,3-8H2,1-2H3. The van der Waals surface area contributed by atoms with Gasteiger partial charge in [0.1, 0.15) is 0 Å². The average molecular weight is 211 g/mol. The molecule has 1 heterocycles. The molecule has 0 aromatic heterocycles. The van der Waals surface area contributed by atoms with Gasteiger partial charge in [-0.05, 0) is 37.5 Å². The number of rotatable bonds is 1. The Balaban J connectivity index is 2.10. The SMILES string of the molecule is CCC(=S)N1CCC2CCCC(C)C21. The van der Waals surface area contributed by atoms with Crippen LogP contribution in [0.2, 0.25) is 0 Å². The van der Waals surface area contributed by atoms with Crippen molar-refractivity contribution in [2.45, 2.75) is 52.0 Å². The number of hydrogen-bond donors (Lipinski definition) is 0. The molecule has 2 rings (SSSR count). The van der Waals surface area contributed by atoms with Gasteiger partial charge in [0.05, 0.1) is 4.99 Å². The van der Waals surface area contributed by atoms with Gasteiger partial charge in [0.25, 0.3) is 0 Å². The lowest BCUT2D eigenvalue weighted by Crippen LogP contribution is -2.42. The van der Waals surface area contributed by atoms with Crippen molar-refractivity contribution in [3.63, 3.8) is 0 Å². The van der Waals surface area contributed by atoms with E-state index in [-0.39, 0.29) is 0 Å². The molecule has 0 amide bonds. The van der Waals surface area contributed by atoms with Crippen molar-refractivity contribution in [1.29, 1.82) is 0 Å². The van der Waals surface area contributed by atoms with Crippen molar-refractivity contribution < 1.29 is 0 Å². The molecule has 0 N–H and O–H groups in total. The molecule has 0 bridgehead atoms. The lowest BCUT2D eigenvalue weighted by atomic mass is 9.78. The first-order valence-corrected chi connectivity index (χ1v) is 6.44. The third-order valence-corrected chi connectivity index (χ3v) is 4.55. The fourth-order valence-electron chi connectivity index (χ4n) is 3.33. The predicted octanol–water partition coefficient (Wildman–Crippen LogP) is 3.23. The quantitative estimate of drug-likeness (QED) is 0.613. The van der Waals surface area contributed by atoms with E-state index in [4.69, 9.17) is 12.2 Å². The summed E-state index contributed by atoms with van der Waals surface area (Å²) >= 11 is 5.46. The van der Waals surface area contributed by atoms with Crippen LogP contribution in [0.4, 0.5) is 0 Å². The first kappa shape index (κ1) is 10.4. The van der Waals surface area contributed by atoms with Gasteiger partial charge >= 0.3 is 0 Å². The lowest BCUT2D eigenvalue weighted by Gasteiger charge is -2.38. The molecular formula is C12H21NS. The maximum absolute atomic E-state index is 5.46. The molecule has 1 saturated heterocycles. The van der Waals surface area contributed by atoms with Gasteiger partial charge in [0.2, 0.25) is 0 Å². The zero-order chi connectivity index (χ0) is 10.1. The zero-order valence-corrected chi connectivity index (χ0v) is 10.1. The van der Waals surface area contributed by atoms with E-state index in [0.717, 1.165) is 24.3 Å². The molecule has 3 atom stereocenters. The van der Waals surface area contributed by atoms with Crippen LogP contribution in [0.15, 0.2) is 0 Å². The van der Waals surface area contributed by atoms with E-state index in [1.54, 1.807) is 0 Å². The molecule has 80 valence electrons. The van der Waals surface area contributed by atoms with Gasteiger partial charge < -0.3 is 4.90 Å². The Labute approximate surface area is 92.9 Å². The van der Waals surface area contributed by atoms with Crippen molar-refractivity contribution in [1.82, 2.24) is 4.90 Å². The van der Waals surface area contributed by atoms with Crippen LogP contribution in [0.5, 0.6) is 0 Å². The first-order valence-electron chi connectivity index (χ1n) is 6.03. The normalized spacial score (nSPS) is 37.0. The molecule has 1 aliphatic carbocycles. The summed E-state index contributed by atoms with van der Waals surface area (Å²) in [4.78, 5) is 3.73. The second-order valence-electron chi connectivity index (χ2n) is 4.89. The molecule has 3 unspecified atom stereocenters. The molecule has 0 aromatic carbocycles. The summed E-state index contributed by atoms with van der Waals surface area (Å²) in [7, 11) is 0. The van der Waals surface area contributed by atoms with E-state index in [1.165, 1.54) is 37.2 Å². The molecule has 0 spiro atoms. The predicted molar refractivity (Wildman–Crippen MR) is 64.5 cm³/mol.